The fourth-order valence-corrected chi connectivity index (χ4v) is 6.54. The molecule has 0 radical (unpaired) electrons. The number of fused-ring (bicyclic) bond motifs is 8. The molecule has 0 aliphatic carbocycles. The van der Waals surface area contributed by atoms with Gasteiger partial charge in [-0.3, -0.25) is 19.5 Å². The lowest BCUT2D eigenvalue weighted by molar-refractivity contribution is -0.136. The first-order valence-corrected chi connectivity index (χ1v) is 15.3. The Balaban J connectivity index is 1.52. The summed E-state index contributed by atoms with van der Waals surface area (Å²) in [6.07, 6.45) is 2.95. The topological polar surface area (TPSA) is 130 Å². The maximum atomic E-state index is 14.1. The molecule has 10 heteroatoms. The largest absolute Gasteiger partial charge is 0.493 e. The Morgan fingerprint density at radius 3 is 2.53 bits per heavy atom. The second-order valence-electron chi connectivity index (χ2n) is 11.3. The molecule has 228 valence electrons. The van der Waals surface area contributed by atoms with E-state index in [4.69, 9.17) is 19.4 Å². The van der Waals surface area contributed by atoms with Gasteiger partial charge in [-0.1, -0.05) is 37.3 Å². The van der Waals surface area contributed by atoms with Crippen LogP contribution in [0.25, 0.3) is 22.2 Å². The number of esters is 1. The number of benzene rings is 1. The molecule has 2 aromatic heterocycles. The normalized spacial score (nSPS) is 15.0. The van der Waals surface area contributed by atoms with Crippen molar-refractivity contribution in [3.8, 4) is 5.75 Å². The predicted octanol–water partition coefficient (Wildman–Crippen LogP) is 5.30. The van der Waals surface area contributed by atoms with Crippen LogP contribution in [0.4, 0.5) is 0 Å². The van der Waals surface area contributed by atoms with E-state index in [0.29, 0.717) is 82.7 Å². The molecule has 3 aromatic rings. The van der Waals surface area contributed by atoms with E-state index in [1.807, 2.05) is 49.4 Å². The number of methoxy groups -OCH3 is 1. The number of rotatable bonds is 6. The molecule has 6 heterocycles. The SMILES string of the molecule is CCOC(=O)C1=C(CC)c2cc3nc(c4c5[nH]c(cc6[nH]c(c(OC)c1n2)CC6)cc5C(=O)N(Cc1ccccc1)C4=O)CC3. The van der Waals surface area contributed by atoms with Gasteiger partial charge in [0.15, 0.2) is 5.75 Å². The zero-order chi connectivity index (χ0) is 31.2. The highest BCUT2D eigenvalue weighted by atomic mass is 16.5. The van der Waals surface area contributed by atoms with Crippen LogP contribution < -0.4 is 4.74 Å². The van der Waals surface area contributed by atoms with E-state index < -0.39 is 5.97 Å². The molecule has 0 saturated heterocycles. The smallest absolute Gasteiger partial charge is 0.340 e. The van der Waals surface area contributed by atoms with E-state index in [9.17, 15) is 14.4 Å². The maximum Gasteiger partial charge on any atom is 0.340 e. The number of imide groups is 1. The molecule has 0 atom stereocenters. The van der Waals surface area contributed by atoms with Crippen molar-refractivity contribution in [1.82, 2.24) is 24.8 Å². The Morgan fingerprint density at radius 1 is 0.956 bits per heavy atom. The first-order valence-electron chi connectivity index (χ1n) is 15.3. The molecule has 4 aliphatic heterocycles. The lowest BCUT2D eigenvalue weighted by atomic mass is 10.0. The summed E-state index contributed by atoms with van der Waals surface area (Å²) >= 11 is 0. The molecule has 8 bridgehead atoms. The van der Waals surface area contributed by atoms with Gasteiger partial charge < -0.3 is 19.4 Å². The number of aromatic nitrogens is 4. The van der Waals surface area contributed by atoms with Crippen molar-refractivity contribution in [1.29, 1.82) is 0 Å². The van der Waals surface area contributed by atoms with Crippen molar-refractivity contribution in [2.24, 2.45) is 0 Å². The minimum absolute atomic E-state index is 0.158. The average Bonchev–Trinajstić information content (AvgIpc) is 3.84. The Labute approximate surface area is 259 Å². The quantitative estimate of drug-likeness (QED) is 0.289. The lowest BCUT2D eigenvalue weighted by Crippen LogP contribution is -2.39. The van der Waals surface area contributed by atoms with Crippen LogP contribution in [0.2, 0.25) is 0 Å². The van der Waals surface area contributed by atoms with E-state index in [-0.39, 0.29) is 25.0 Å². The first-order chi connectivity index (χ1) is 21.9. The van der Waals surface area contributed by atoms with Gasteiger partial charge in [-0.05, 0) is 68.4 Å². The van der Waals surface area contributed by atoms with E-state index in [0.717, 1.165) is 28.2 Å². The van der Waals surface area contributed by atoms with Crippen LogP contribution >= 0.6 is 0 Å². The molecule has 1 aromatic carbocycles. The Morgan fingerprint density at radius 2 is 1.78 bits per heavy atom. The van der Waals surface area contributed by atoms with Gasteiger partial charge in [0.25, 0.3) is 11.8 Å². The third-order valence-electron chi connectivity index (χ3n) is 8.59. The van der Waals surface area contributed by atoms with Gasteiger partial charge in [0.1, 0.15) is 5.69 Å². The Bertz CT molecular complexity index is 1990. The standard InChI is InChI=1S/C35H33N5O5/c1-4-23-27-17-21-11-13-25(36-21)29-30-24(33(41)40(34(29)42)18-19-9-7-6-8-10-19)16-22(38-30)15-20-12-14-26(37-20)32(44-3)31(39-27)28(23)35(43)45-5-2/h6-10,15-17,37-38H,4-5,11-14,18H2,1-3H3. The second kappa shape index (κ2) is 11.4. The number of H-pyrrole nitrogens is 2. The van der Waals surface area contributed by atoms with E-state index in [1.165, 1.54) is 4.90 Å². The highest BCUT2D eigenvalue weighted by molar-refractivity contribution is 6.26. The van der Waals surface area contributed by atoms with Crippen LogP contribution in [0.15, 0.2) is 48.5 Å². The van der Waals surface area contributed by atoms with Gasteiger partial charge in [-0.25, -0.2) is 9.78 Å². The summed E-state index contributed by atoms with van der Waals surface area (Å²) in [7, 11) is 1.57. The predicted molar refractivity (Wildman–Crippen MR) is 168 cm³/mol. The number of ether oxygens (including phenoxy) is 2. The van der Waals surface area contributed by atoms with Crippen LogP contribution in [0.3, 0.4) is 0 Å². The maximum absolute atomic E-state index is 14.1. The molecule has 0 fully saturated rings. The summed E-state index contributed by atoms with van der Waals surface area (Å²) < 4.78 is 11.4. The van der Waals surface area contributed by atoms with Gasteiger partial charge in [-0.15, -0.1) is 0 Å². The average molecular weight is 604 g/mol. The number of aryl methyl sites for hydroxylation is 4. The van der Waals surface area contributed by atoms with E-state index in [2.05, 4.69) is 9.97 Å². The highest BCUT2D eigenvalue weighted by Crippen LogP contribution is 2.39. The van der Waals surface area contributed by atoms with Gasteiger partial charge in [0, 0.05) is 16.9 Å². The number of hydrogen-bond acceptors (Lipinski definition) is 7. The summed E-state index contributed by atoms with van der Waals surface area (Å²) in [5, 5.41) is 0. The third kappa shape index (κ3) is 4.86. The molecule has 0 unspecified atom stereocenters. The number of carbonyl (C=O) groups excluding carboxylic acids is 3. The van der Waals surface area contributed by atoms with Gasteiger partial charge in [-0.2, -0.15) is 0 Å². The van der Waals surface area contributed by atoms with Crippen LogP contribution in [0.5, 0.6) is 5.75 Å². The molecular formula is C35H33N5O5. The molecule has 7 rings (SSSR count). The van der Waals surface area contributed by atoms with E-state index >= 15 is 0 Å². The summed E-state index contributed by atoms with van der Waals surface area (Å²) in [6.45, 7) is 4.15. The van der Waals surface area contributed by atoms with Crippen LogP contribution in [-0.2, 0) is 41.8 Å². The molecule has 2 N–H and O–H groups in total. The molecule has 45 heavy (non-hydrogen) atoms. The van der Waals surface area contributed by atoms with Crippen LogP contribution in [0.1, 0.15) is 80.7 Å². The number of amides is 2. The molecule has 2 amide bonds. The minimum Gasteiger partial charge on any atom is -0.493 e. The van der Waals surface area contributed by atoms with E-state index in [1.54, 1.807) is 20.1 Å². The summed E-state index contributed by atoms with van der Waals surface area (Å²) in [6, 6.07) is 15.1. The number of aromatic amines is 2. The zero-order valence-corrected chi connectivity index (χ0v) is 25.5. The Kier molecular flexibility index (Phi) is 7.19. The minimum atomic E-state index is -0.448. The Hall–Kier alpha value is -5.25. The fourth-order valence-electron chi connectivity index (χ4n) is 6.54. The highest BCUT2D eigenvalue weighted by Gasteiger charge is 2.36. The fraction of sp³-hybridized carbons (Fsp3) is 0.286. The van der Waals surface area contributed by atoms with Gasteiger partial charge >= 0.3 is 5.97 Å². The van der Waals surface area contributed by atoms with Crippen molar-refractivity contribution < 1.29 is 23.9 Å². The molecule has 0 saturated carbocycles. The van der Waals surface area contributed by atoms with Crippen molar-refractivity contribution in [3.63, 3.8) is 0 Å². The zero-order valence-electron chi connectivity index (χ0n) is 25.5. The number of nitrogens with one attached hydrogen (secondary N) is 2. The van der Waals surface area contributed by atoms with Gasteiger partial charge in [0.05, 0.1) is 59.6 Å². The number of hydrogen-bond donors (Lipinski definition) is 2. The number of nitrogens with zero attached hydrogens (tertiary/aromatic N) is 3. The van der Waals surface area contributed by atoms with Crippen molar-refractivity contribution >= 4 is 40.0 Å². The first kappa shape index (κ1) is 28.5. The molecular weight excluding hydrogens is 570 g/mol. The monoisotopic (exact) mass is 603 g/mol. The molecule has 0 spiro atoms. The number of allylic oxidation sites excluding steroid dienone is 1. The van der Waals surface area contributed by atoms with Crippen LogP contribution in [-0.4, -0.2) is 56.3 Å². The third-order valence-corrected chi connectivity index (χ3v) is 8.59. The van der Waals surface area contributed by atoms with Crippen molar-refractivity contribution in [2.45, 2.75) is 52.5 Å². The number of carbonyl (C=O) groups is 3. The summed E-state index contributed by atoms with van der Waals surface area (Å²) in [5.41, 5.74) is 8.14. The van der Waals surface area contributed by atoms with Crippen LogP contribution in [0, 0.1) is 0 Å². The van der Waals surface area contributed by atoms with Crippen molar-refractivity contribution in [3.05, 3.63) is 99.4 Å². The molecule has 4 aliphatic rings. The molecule has 10 nitrogen and oxygen atoms in total. The summed E-state index contributed by atoms with van der Waals surface area (Å²) in [5.74, 6) is -0.677. The van der Waals surface area contributed by atoms with Crippen molar-refractivity contribution in [2.75, 3.05) is 13.7 Å². The lowest BCUT2D eigenvalue weighted by Gasteiger charge is -2.25. The second-order valence-corrected chi connectivity index (χ2v) is 11.3. The van der Waals surface area contributed by atoms with Gasteiger partial charge in [0.2, 0.25) is 0 Å². The summed E-state index contributed by atoms with van der Waals surface area (Å²) in [4.78, 5) is 59.2.